The summed E-state index contributed by atoms with van der Waals surface area (Å²) in [4.78, 5) is 13.9. The molecule has 1 saturated heterocycles. The van der Waals surface area contributed by atoms with Gasteiger partial charge in [-0.15, -0.1) is 0 Å². The molecule has 3 N–H and O–H groups in total. The highest BCUT2D eigenvalue weighted by molar-refractivity contribution is 5.81. The van der Waals surface area contributed by atoms with Crippen molar-refractivity contribution in [1.29, 1.82) is 0 Å². The molecule has 0 unspecified atom stereocenters. The zero-order valence-electron chi connectivity index (χ0n) is 11.2. The van der Waals surface area contributed by atoms with E-state index < -0.39 is 6.04 Å². The molecule has 0 saturated carbocycles. The van der Waals surface area contributed by atoms with Crippen molar-refractivity contribution < 1.29 is 9.90 Å². The quantitative estimate of drug-likeness (QED) is 0.848. The lowest BCUT2D eigenvalue weighted by Crippen LogP contribution is -2.49. The van der Waals surface area contributed by atoms with E-state index in [4.69, 9.17) is 5.73 Å². The van der Waals surface area contributed by atoms with Gasteiger partial charge >= 0.3 is 0 Å². The number of rotatable bonds is 4. The van der Waals surface area contributed by atoms with Gasteiger partial charge in [0.05, 0.1) is 12.1 Å². The molecule has 1 aliphatic heterocycles. The van der Waals surface area contributed by atoms with E-state index in [1.165, 1.54) is 5.56 Å². The normalized spacial score (nSPS) is 21.2. The number of nitrogens with zero attached hydrogens (tertiary/aromatic N) is 1. The summed E-state index contributed by atoms with van der Waals surface area (Å²) in [6.45, 7) is 1.15. The minimum absolute atomic E-state index is 0.0327. The summed E-state index contributed by atoms with van der Waals surface area (Å²) < 4.78 is 0. The second kappa shape index (κ2) is 6.68. The smallest absolute Gasteiger partial charge is 0.239 e. The molecule has 2 atom stereocenters. The van der Waals surface area contributed by atoms with E-state index in [0.717, 1.165) is 25.8 Å². The molecular formula is C15H22N2O2. The van der Waals surface area contributed by atoms with Crippen LogP contribution in [-0.2, 0) is 11.2 Å². The van der Waals surface area contributed by atoms with Gasteiger partial charge in [-0.2, -0.15) is 0 Å². The highest BCUT2D eigenvalue weighted by atomic mass is 16.3. The van der Waals surface area contributed by atoms with Gasteiger partial charge in [0.1, 0.15) is 0 Å². The Balaban J connectivity index is 1.82. The first kappa shape index (κ1) is 14.0. The summed E-state index contributed by atoms with van der Waals surface area (Å²) in [5.41, 5.74) is 7.17. The molecule has 0 radical (unpaired) electrons. The first-order chi connectivity index (χ1) is 9.16. The zero-order valence-corrected chi connectivity index (χ0v) is 11.2. The van der Waals surface area contributed by atoms with Gasteiger partial charge in [0.15, 0.2) is 0 Å². The van der Waals surface area contributed by atoms with Crippen LogP contribution in [0.3, 0.4) is 0 Å². The predicted molar refractivity (Wildman–Crippen MR) is 74.6 cm³/mol. The van der Waals surface area contributed by atoms with E-state index in [0.29, 0.717) is 13.0 Å². The van der Waals surface area contributed by atoms with Gasteiger partial charge < -0.3 is 15.7 Å². The number of nitrogens with two attached hydrogens (primary N) is 1. The largest absolute Gasteiger partial charge is 0.391 e. The lowest BCUT2D eigenvalue weighted by atomic mass is 10.0. The number of carbonyl (C=O) groups is 1. The molecule has 104 valence electrons. The van der Waals surface area contributed by atoms with Crippen LogP contribution in [-0.4, -0.2) is 41.1 Å². The number of benzene rings is 1. The summed E-state index contributed by atoms with van der Waals surface area (Å²) in [5.74, 6) is -0.0327. The van der Waals surface area contributed by atoms with Crippen LogP contribution < -0.4 is 5.73 Å². The van der Waals surface area contributed by atoms with Gasteiger partial charge in [0.2, 0.25) is 5.91 Å². The van der Waals surface area contributed by atoms with Crippen LogP contribution in [0.25, 0.3) is 0 Å². The Morgan fingerprint density at radius 1 is 1.42 bits per heavy atom. The van der Waals surface area contributed by atoms with Crippen LogP contribution in [0.1, 0.15) is 24.8 Å². The fourth-order valence-corrected chi connectivity index (χ4v) is 2.48. The number of β-amino-alcohol motifs (C(OH)–C–C–N with tert-alkyl or cyclic N) is 1. The molecule has 1 amide bonds. The lowest BCUT2D eigenvalue weighted by molar-refractivity contribution is -0.135. The zero-order chi connectivity index (χ0) is 13.7. The van der Waals surface area contributed by atoms with Gasteiger partial charge in [-0.25, -0.2) is 0 Å². The Labute approximate surface area is 114 Å². The van der Waals surface area contributed by atoms with Gasteiger partial charge in [-0.3, -0.25) is 4.79 Å². The van der Waals surface area contributed by atoms with E-state index in [9.17, 15) is 9.90 Å². The number of aliphatic hydroxyl groups excluding tert-OH is 1. The van der Waals surface area contributed by atoms with Crippen molar-refractivity contribution in [3.05, 3.63) is 35.9 Å². The number of amides is 1. The molecule has 1 aromatic carbocycles. The lowest BCUT2D eigenvalue weighted by Gasteiger charge is -2.32. The summed E-state index contributed by atoms with van der Waals surface area (Å²) in [6.07, 6.45) is 2.71. The molecule has 4 heteroatoms. The Bertz CT molecular complexity index is 408. The average molecular weight is 262 g/mol. The van der Waals surface area contributed by atoms with Gasteiger partial charge in [0.25, 0.3) is 0 Å². The van der Waals surface area contributed by atoms with E-state index in [-0.39, 0.29) is 12.0 Å². The number of piperidine rings is 1. The topological polar surface area (TPSA) is 66.6 Å². The molecule has 1 heterocycles. The predicted octanol–water partition coefficient (Wildman–Crippen LogP) is 0.930. The number of likely N-dealkylation sites (tertiary alicyclic amines) is 1. The van der Waals surface area contributed by atoms with Crippen molar-refractivity contribution in [2.75, 3.05) is 13.1 Å². The van der Waals surface area contributed by atoms with E-state index in [2.05, 4.69) is 0 Å². The highest BCUT2D eigenvalue weighted by Gasteiger charge is 2.25. The summed E-state index contributed by atoms with van der Waals surface area (Å²) in [5, 5.41) is 9.58. The van der Waals surface area contributed by atoms with Crippen molar-refractivity contribution in [2.24, 2.45) is 5.73 Å². The molecule has 0 spiro atoms. The van der Waals surface area contributed by atoms with Crippen LogP contribution in [0.5, 0.6) is 0 Å². The Morgan fingerprint density at radius 2 is 2.16 bits per heavy atom. The van der Waals surface area contributed by atoms with Crippen LogP contribution in [0.15, 0.2) is 30.3 Å². The number of aliphatic hydroxyl groups is 1. The maximum absolute atomic E-state index is 12.2. The minimum Gasteiger partial charge on any atom is -0.391 e. The maximum atomic E-state index is 12.2. The van der Waals surface area contributed by atoms with Gasteiger partial charge in [0, 0.05) is 13.1 Å². The fraction of sp³-hybridized carbons (Fsp3) is 0.533. The minimum atomic E-state index is -0.467. The fourth-order valence-electron chi connectivity index (χ4n) is 2.48. The molecule has 1 aliphatic rings. The van der Waals surface area contributed by atoms with Crippen LogP contribution in [0, 0.1) is 0 Å². The molecule has 2 rings (SSSR count). The average Bonchev–Trinajstić information content (AvgIpc) is 2.45. The number of carbonyl (C=O) groups excluding carboxylic acids is 1. The molecule has 19 heavy (non-hydrogen) atoms. The molecule has 1 aromatic rings. The first-order valence-corrected chi connectivity index (χ1v) is 6.93. The summed E-state index contributed by atoms with van der Waals surface area (Å²) in [7, 11) is 0. The van der Waals surface area contributed by atoms with Crippen molar-refractivity contribution in [3.63, 3.8) is 0 Å². The number of hydrogen-bond donors (Lipinski definition) is 2. The van der Waals surface area contributed by atoms with Crippen molar-refractivity contribution >= 4 is 5.91 Å². The number of aryl methyl sites for hydroxylation is 1. The molecule has 0 aliphatic carbocycles. The second-order valence-electron chi connectivity index (χ2n) is 5.21. The summed E-state index contributed by atoms with van der Waals surface area (Å²) >= 11 is 0. The van der Waals surface area contributed by atoms with Crippen molar-refractivity contribution in [1.82, 2.24) is 4.90 Å². The van der Waals surface area contributed by atoms with E-state index in [1.807, 2.05) is 30.3 Å². The molecular weight excluding hydrogens is 240 g/mol. The van der Waals surface area contributed by atoms with Gasteiger partial charge in [-0.1, -0.05) is 30.3 Å². The van der Waals surface area contributed by atoms with E-state index in [1.54, 1.807) is 4.90 Å². The molecule has 0 aromatic heterocycles. The second-order valence-corrected chi connectivity index (χ2v) is 5.21. The highest BCUT2D eigenvalue weighted by Crippen LogP contribution is 2.12. The summed E-state index contributed by atoms with van der Waals surface area (Å²) in [6, 6.07) is 9.58. The monoisotopic (exact) mass is 262 g/mol. The van der Waals surface area contributed by atoms with E-state index >= 15 is 0 Å². The Morgan fingerprint density at radius 3 is 2.84 bits per heavy atom. The van der Waals surface area contributed by atoms with Crippen molar-refractivity contribution in [2.45, 2.75) is 37.8 Å². The third kappa shape index (κ3) is 4.04. The van der Waals surface area contributed by atoms with Crippen molar-refractivity contribution in [3.8, 4) is 0 Å². The Hall–Kier alpha value is -1.39. The van der Waals surface area contributed by atoms with Gasteiger partial charge in [-0.05, 0) is 31.2 Å². The molecule has 0 bridgehead atoms. The molecule has 1 fully saturated rings. The van der Waals surface area contributed by atoms with Crippen LogP contribution in [0.4, 0.5) is 0 Å². The molecule has 4 nitrogen and oxygen atoms in total. The maximum Gasteiger partial charge on any atom is 0.239 e. The third-order valence-corrected chi connectivity index (χ3v) is 3.61. The third-order valence-electron chi connectivity index (χ3n) is 3.61. The van der Waals surface area contributed by atoms with Crippen LogP contribution in [0.2, 0.25) is 0 Å². The Kier molecular flexibility index (Phi) is 4.93. The van der Waals surface area contributed by atoms with Crippen LogP contribution >= 0.6 is 0 Å². The standard InChI is InChI=1S/C15H22N2O2/c16-14(9-8-12-5-2-1-3-6-12)15(19)17-10-4-7-13(18)11-17/h1-3,5-6,13-14,18H,4,7-11,16H2/t13-,14-/m0/s1. The number of hydrogen-bond acceptors (Lipinski definition) is 3. The SMILES string of the molecule is N[C@@H](CCc1ccccc1)C(=O)N1CCC[C@H](O)C1. The first-order valence-electron chi connectivity index (χ1n) is 6.93.